The lowest BCUT2D eigenvalue weighted by molar-refractivity contribution is -0.674. The van der Waals surface area contributed by atoms with Crippen LogP contribution in [0.3, 0.4) is 0 Å². The van der Waals surface area contributed by atoms with Gasteiger partial charge in [0.15, 0.2) is 0 Å². The van der Waals surface area contributed by atoms with Gasteiger partial charge in [-0.2, -0.15) is 4.57 Å². The van der Waals surface area contributed by atoms with E-state index in [-0.39, 0.29) is 5.41 Å². The maximum absolute atomic E-state index is 6.04. The Hall–Kier alpha value is -3.59. The van der Waals surface area contributed by atoms with Crippen LogP contribution in [0.25, 0.3) is 27.9 Å². The molecule has 166 valence electrons. The Labute approximate surface area is 196 Å². The van der Waals surface area contributed by atoms with E-state index in [1.165, 1.54) is 27.7 Å². The molecule has 3 aromatic carbocycles. The highest BCUT2D eigenvalue weighted by atomic mass is 16.3. The second-order valence-electron chi connectivity index (χ2n) is 9.00. The number of hydrogen-bond donors (Lipinski definition) is 0. The first-order chi connectivity index (χ1) is 16.1. The van der Waals surface area contributed by atoms with E-state index in [2.05, 4.69) is 104 Å². The third kappa shape index (κ3) is 3.48. The number of aryl methyl sites for hydroxylation is 1. The van der Waals surface area contributed by atoms with E-state index in [9.17, 15) is 0 Å². The smallest absolute Gasteiger partial charge is 0.374 e. The van der Waals surface area contributed by atoms with Gasteiger partial charge in [-0.05, 0) is 48.4 Å². The second kappa shape index (κ2) is 8.40. The van der Waals surface area contributed by atoms with Crippen LogP contribution >= 0.6 is 0 Å². The number of hydrogen-bond acceptors (Lipinski definition) is 2. The molecule has 0 N–H and O–H groups in total. The van der Waals surface area contributed by atoms with Gasteiger partial charge in [-0.3, -0.25) is 0 Å². The number of fused-ring (bicyclic) bond motifs is 4. The number of nitrogens with zero attached hydrogens (tertiary/aromatic N) is 2. The number of anilines is 1. The van der Waals surface area contributed by atoms with Crippen molar-refractivity contribution in [2.75, 3.05) is 11.4 Å². The Morgan fingerprint density at radius 3 is 2.52 bits per heavy atom. The lowest BCUT2D eigenvalue weighted by atomic mass is 9.81. The average Bonchev–Trinajstić information content (AvgIpc) is 3.30. The summed E-state index contributed by atoms with van der Waals surface area (Å²) in [6.45, 7) is 10.9. The van der Waals surface area contributed by atoms with E-state index < -0.39 is 0 Å². The standard InChI is InChI=1S/C30H31N2O/c1-5-31-25-21-20-22-14-10-11-15-23(22)29(25)30(3,4)27(31)18-8-7-9-19-28-32(6-2)24-16-12-13-17-26(24)33-28/h7-21H,5-6H2,1-4H3/q+1. The number of allylic oxidation sites excluding steroid dienone is 5. The van der Waals surface area contributed by atoms with Crippen LogP contribution in [0.2, 0.25) is 0 Å². The summed E-state index contributed by atoms with van der Waals surface area (Å²) in [6, 6.07) is 21.4. The van der Waals surface area contributed by atoms with Crippen molar-refractivity contribution in [2.45, 2.75) is 39.7 Å². The van der Waals surface area contributed by atoms with Crippen molar-refractivity contribution in [3.05, 3.63) is 102 Å². The van der Waals surface area contributed by atoms with Crippen LogP contribution in [0.1, 0.15) is 39.1 Å². The van der Waals surface area contributed by atoms with Crippen LogP contribution in [0.5, 0.6) is 0 Å². The summed E-state index contributed by atoms with van der Waals surface area (Å²) >= 11 is 0. The topological polar surface area (TPSA) is 20.3 Å². The lowest BCUT2D eigenvalue weighted by Crippen LogP contribution is -2.33. The van der Waals surface area contributed by atoms with Crippen molar-refractivity contribution in [1.29, 1.82) is 0 Å². The second-order valence-corrected chi connectivity index (χ2v) is 9.00. The zero-order valence-electron chi connectivity index (χ0n) is 19.9. The number of aromatic nitrogens is 1. The summed E-state index contributed by atoms with van der Waals surface area (Å²) in [5.74, 6) is 0.867. The fourth-order valence-corrected chi connectivity index (χ4v) is 5.23. The first-order valence-corrected chi connectivity index (χ1v) is 11.8. The first kappa shape index (κ1) is 21.3. The molecule has 33 heavy (non-hydrogen) atoms. The van der Waals surface area contributed by atoms with Crippen LogP contribution in [-0.4, -0.2) is 6.54 Å². The molecule has 3 heteroatoms. The molecule has 1 aromatic heterocycles. The Kier molecular flexibility index (Phi) is 5.41. The SMILES string of the molecule is CCN1/C(=C/C=C/C=C/c2oc3ccccc3[n+]2CC)C(C)(C)c2c1ccc1ccccc21. The Morgan fingerprint density at radius 1 is 0.909 bits per heavy atom. The largest absolute Gasteiger partial charge is 0.398 e. The quantitative estimate of drug-likeness (QED) is 0.245. The van der Waals surface area contributed by atoms with Crippen molar-refractivity contribution in [2.24, 2.45) is 0 Å². The van der Waals surface area contributed by atoms with Gasteiger partial charge in [-0.1, -0.05) is 74.5 Å². The molecule has 1 aliphatic heterocycles. The number of benzene rings is 3. The molecule has 4 aromatic rings. The third-order valence-electron chi connectivity index (χ3n) is 6.74. The number of likely N-dealkylation sites (N-methyl/N-ethyl adjacent to an activating group) is 1. The zero-order valence-corrected chi connectivity index (χ0v) is 19.9. The van der Waals surface area contributed by atoms with Gasteiger partial charge in [0.05, 0.1) is 6.08 Å². The molecular weight excluding hydrogens is 404 g/mol. The van der Waals surface area contributed by atoms with Crippen LogP contribution in [0, 0.1) is 0 Å². The van der Waals surface area contributed by atoms with Crippen molar-refractivity contribution in [3.63, 3.8) is 0 Å². The van der Waals surface area contributed by atoms with Crippen molar-refractivity contribution < 1.29 is 8.98 Å². The van der Waals surface area contributed by atoms with E-state index in [4.69, 9.17) is 4.42 Å². The predicted octanol–water partition coefficient (Wildman–Crippen LogP) is 7.16. The molecule has 0 fully saturated rings. The molecule has 0 saturated carbocycles. The molecule has 0 saturated heterocycles. The first-order valence-electron chi connectivity index (χ1n) is 11.8. The van der Waals surface area contributed by atoms with Gasteiger partial charge in [0.2, 0.25) is 5.58 Å². The van der Waals surface area contributed by atoms with Crippen molar-refractivity contribution >= 4 is 33.6 Å². The highest BCUT2D eigenvalue weighted by molar-refractivity contribution is 5.94. The fourth-order valence-electron chi connectivity index (χ4n) is 5.23. The summed E-state index contributed by atoms with van der Waals surface area (Å²) in [7, 11) is 0. The van der Waals surface area contributed by atoms with E-state index in [0.29, 0.717) is 0 Å². The maximum Gasteiger partial charge on any atom is 0.374 e. The predicted molar refractivity (Wildman–Crippen MR) is 138 cm³/mol. The van der Waals surface area contributed by atoms with Gasteiger partial charge in [0.25, 0.3) is 5.52 Å². The molecule has 0 spiro atoms. The van der Waals surface area contributed by atoms with Gasteiger partial charge in [0.1, 0.15) is 6.54 Å². The van der Waals surface area contributed by atoms with E-state index in [0.717, 1.165) is 30.1 Å². The average molecular weight is 436 g/mol. The number of para-hydroxylation sites is 2. The Morgan fingerprint density at radius 2 is 1.70 bits per heavy atom. The molecule has 3 nitrogen and oxygen atoms in total. The highest BCUT2D eigenvalue weighted by Crippen LogP contribution is 2.50. The Balaban J connectivity index is 1.46. The van der Waals surface area contributed by atoms with Gasteiger partial charge in [-0.25, -0.2) is 0 Å². The Bertz CT molecular complexity index is 1420. The summed E-state index contributed by atoms with van der Waals surface area (Å²) in [5.41, 5.74) is 6.05. The molecule has 5 rings (SSSR count). The normalized spacial score (nSPS) is 16.7. The molecule has 0 aliphatic carbocycles. The van der Waals surface area contributed by atoms with Gasteiger partial charge < -0.3 is 9.32 Å². The molecule has 1 aliphatic rings. The highest BCUT2D eigenvalue weighted by Gasteiger charge is 2.40. The number of rotatable bonds is 5. The summed E-state index contributed by atoms with van der Waals surface area (Å²) in [4.78, 5) is 2.44. The molecular formula is C30H31N2O+. The van der Waals surface area contributed by atoms with Gasteiger partial charge >= 0.3 is 5.89 Å². The molecule has 2 heterocycles. The molecule has 0 atom stereocenters. The van der Waals surface area contributed by atoms with Gasteiger partial charge in [0, 0.05) is 29.4 Å². The van der Waals surface area contributed by atoms with Gasteiger partial charge in [-0.15, -0.1) is 0 Å². The number of oxazole rings is 1. The fraction of sp³-hybridized carbons (Fsp3) is 0.233. The lowest BCUT2D eigenvalue weighted by Gasteiger charge is -2.26. The zero-order chi connectivity index (χ0) is 23.0. The molecule has 0 amide bonds. The summed E-state index contributed by atoms with van der Waals surface area (Å²) < 4.78 is 8.23. The molecule has 0 radical (unpaired) electrons. The minimum atomic E-state index is -0.0652. The monoisotopic (exact) mass is 435 g/mol. The summed E-state index contributed by atoms with van der Waals surface area (Å²) in [5, 5.41) is 2.65. The van der Waals surface area contributed by atoms with Crippen molar-refractivity contribution in [3.8, 4) is 0 Å². The van der Waals surface area contributed by atoms with E-state index in [1.54, 1.807) is 0 Å². The minimum absolute atomic E-state index is 0.0652. The maximum atomic E-state index is 6.04. The molecule has 0 unspecified atom stereocenters. The van der Waals surface area contributed by atoms with Crippen LogP contribution < -0.4 is 9.47 Å². The van der Waals surface area contributed by atoms with Crippen LogP contribution in [-0.2, 0) is 12.0 Å². The van der Waals surface area contributed by atoms with Crippen LogP contribution in [0.4, 0.5) is 5.69 Å². The van der Waals surface area contributed by atoms with Crippen LogP contribution in [0.15, 0.2) is 95.1 Å². The van der Waals surface area contributed by atoms with E-state index in [1.807, 2.05) is 24.3 Å². The van der Waals surface area contributed by atoms with Crippen molar-refractivity contribution in [1.82, 2.24) is 0 Å². The molecule has 0 bridgehead atoms. The third-order valence-corrected chi connectivity index (χ3v) is 6.74. The minimum Gasteiger partial charge on any atom is -0.398 e. The summed E-state index contributed by atoms with van der Waals surface area (Å²) in [6.07, 6.45) is 10.6. The van der Waals surface area contributed by atoms with E-state index >= 15 is 0 Å².